The van der Waals surface area contributed by atoms with Crippen LogP contribution in [0.5, 0.6) is 0 Å². The number of carboxylic acids is 1. The van der Waals surface area contributed by atoms with Gasteiger partial charge in [0.15, 0.2) is 4.34 Å². The second-order valence-corrected chi connectivity index (χ2v) is 7.70. The molecule has 1 heterocycles. The highest BCUT2D eigenvalue weighted by molar-refractivity contribution is 8.01. The lowest BCUT2D eigenvalue weighted by Gasteiger charge is -2.34. The summed E-state index contributed by atoms with van der Waals surface area (Å²) in [5, 5.41) is 21.1. The lowest BCUT2D eigenvalue weighted by Crippen LogP contribution is -2.35. The smallest absolute Gasteiger partial charge is 0.313 e. The van der Waals surface area contributed by atoms with Gasteiger partial charge in [-0.15, -0.1) is 10.2 Å². The third-order valence-corrected chi connectivity index (χ3v) is 5.68. The number of aliphatic carboxylic acids is 1. The number of hydrogen-bond acceptors (Lipinski definition) is 6. The molecule has 1 saturated carbocycles. The number of aromatic nitrogens is 2. The van der Waals surface area contributed by atoms with E-state index in [2.05, 4.69) is 29.4 Å². The second-order valence-electron chi connectivity index (χ2n) is 5.50. The van der Waals surface area contributed by atoms with Gasteiger partial charge in [0.2, 0.25) is 5.13 Å². The van der Waals surface area contributed by atoms with E-state index in [1.54, 1.807) is 0 Å². The van der Waals surface area contributed by atoms with Crippen LogP contribution in [0, 0.1) is 11.8 Å². The minimum Gasteiger partial charge on any atom is -0.481 e. The van der Waals surface area contributed by atoms with E-state index in [4.69, 9.17) is 5.11 Å². The van der Waals surface area contributed by atoms with Crippen LogP contribution in [-0.2, 0) is 4.79 Å². The highest BCUT2D eigenvalue weighted by atomic mass is 32.2. The number of thioether (sulfide) groups is 1. The van der Waals surface area contributed by atoms with E-state index in [1.165, 1.54) is 48.8 Å². The van der Waals surface area contributed by atoms with Crippen molar-refractivity contribution in [3.63, 3.8) is 0 Å². The predicted octanol–water partition coefficient (Wildman–Crippen LogP) is 3.34. The summed E-state index contributed by atoms with van der Waals surface area (Å²) < 4.78 is 0.715. The van der Waals surface area contributed by atoms with Crippen molar-refractivity contribution in [2.75, 3.05) is 11.1 Å². The van der Waals surface area contributed by atoms with Gasteiger partial charge in [0.1, 0.15) is 0 Å². The minimum atomic E-state index is -0.827. The molecule has 0 saturated heterocycles. The van der Waals surface area contributed by atoms with Crippen molar-refractivity contribution in [2.45, 2.75) is 49.9 Å². The quantitative estimate of drug-likeness (QED) is 0.784. The molecule has 1 aromatic rings. The van der Waals surface area contributed by atoms with E-state index in [1.807, 2.05) is 0 Å². The molecule has 0 aromatic carbocycles. The van der Waals surface area contributed by atoms with Gasteiger partial charge in [0.25, 0.3) is 0 Å². The first-order chi connectivity index (χ1) is 9.56. The van der Waals surface area contributed by atoms with Crippen molar-refractivity contribution in [3.05, 3.63) is 0 Å². The van der Waals surface area contributed by atoms with E-state index < -0.39 is 5.97 Å². The Hall–Kier alpha value is -0.820. The van der Waals surface area contributed by atoms with Crippen LogP contribution in [-0.4, -0.2) is 33.1 Å². The fraction of sp³-hybridized carbons (Fsp3) is 0.769. The summed E-state index contributed by atoms with van der Waals surface area (Å²) in [6.07, 6.45) is 5.03. The van der Waals surface area contributed by atoms with Crippen LogP contribution in [0.1, 0.15) is 39.5 Å². The van der Waals surface area contributed by atoms with Gasteiger partial charge in [-0.2, -0.15) is 0 Å². The van der Waals surface area contributed by atoms with Crippen molar-refractivity contribution in [1.82, 2.24) is 10.2 Å². The maximum absolute atomic E-state index is 10.5. The Morgan fingerprint density at radius 2 is 2.20 bits per heavy atom. The van der Waals surface area contributed by atoms with Crippen molar-refractivity contribution in [3.8, 4) is 0 Å². The number of carbonyl (C=O) groups is 1. The standard InChI is InChI=1S/C13H21N3O2S2/c1-8(2)9-5-3-4-6-10(9)14-12-15-16-13(20-12)19-7-11(17)18/h8-10H,3-7H2,1-2H3,(H,14,15)(H,17,18). The largest absolute Gasteiger partial charge is 0.481 e. The summed E-state index contributed by atoms with van der Waals surface area (Å²) in [7, 11) is 0. The zero-order chi connectivity index (χ0) is 14.5. The van der Waals surface area contributed by atoms with E-state index in [9.17, 15) is 4.79 Å². The van der Waals surface area contributed by atoms with Crippen LogP contribution in [0.25, 0.3) is 0 Å². The molecular weight excluding hydrogens is 294 g/mol. The van der Waals surface area contributed by atoms with Crippen LogP contribution in [0.4, 0.5) is 5.13 Å². The first-order valence-electron chi connectivity index (χ1n) is 7.01. The first-order valence-corrected chi connectivity index (χ1v) is 8.81. The number of nitrogens with one attached hydrogen (secondary N) is 1. The minimum absolute atomic E-state index is 0.0344. The molecule has 2 rings (SSSR count). The van der Waals surface area contributed by atoms with Gasteiger partial charge >= 0.3 is 5.97 Å². The van der Waals surface area contributed by atoms with Crippen LogP contribution >= 0.6 is 23.1 Å². The zero-order valence-electron chi connectivity index (χ0n) is 11.8. The molecule has 1 aliphatic carbocycles. The van der Waals surface area contributed by atoms with Gasteiger partial charge in [0.05, 0.1) is 5.75 Å². The van der Waals surface area contributed by atoms with Crippen LogP contribution in [0.2, 0.25) is 0 Å². The Balaban J connectivity index is 1.93. The first kappa shape index (κ1) is 15.6. The Morgan fingerprint density at radius 1 is 1.45 bits per heavy atom. The average molecular weight is 315 g/mol. The summed E-state index contributed by atoms with van der Waals surface area (Å²) >= 11 is 2.67. The predicted molar refractivity (Wildman–Crippen MR) is 82.5 cm³/mol. The summed E-state index contributed by atoms with van der Waals surface area (Å²) in [4.78, 5) is 10.5. The molecule has 20 heavy (non-hydrogen) atoms. The normalized spacial score (nSPS) is 22.9. The molecule has 0 radical (unpaired) electrons. The molecule has 5 nitrogen and oxygen atoms in total. The molecule has 0 bridgehead atoms. The lowest BCUT2D eigenvalue weighted by molar-refractivity contribution is -0.133. The number of carboxylic acid groups (broad SMARTS) is 1. The van der Waals surface area contributed by atoms with Gasteiger partial charge in [0, 0.05) is 6.04 Å². The van der Waals surface area contributed by atoms with E-state index in [-0.39, 0.29) is 5.75 Å². The van der Waals surface area contributed by atoms with E-state index >= 15 is 0 Å². The summed E-state index contributed by atoms with van der Waals surface area (Å²) in [6.45, 7) is 4.55. The fourth-order valence-electron chi connectivity index (χ4n) is 2.75. The van der Waals surface area contributed by atoms with Gasteiger partial charge in [-0.1, -0.05) is 49.8 Å². The fourth-order valence-corrected chi connectivity index (χ4v) is 4.28. The molecule has 112 valence electrons. The highest BCUT2D eigenvalue weighted by Gasteiger charge is 2.28. The third-order valence-electron chi connectivity index (χ3n) is 3.71. The number of hydrogen-bond donors (Lipinski definition) is 2. The second kappa shape index (κ2) is 7.26. The molecule has 1 aliphatic rings. The topological polar surface area (TPSA) is 75.1 Å². The number of anilines is 1. The molecule has 1 fully saturated rings. The van der Waals surface area contributed by atoms with Gasteiger partial charge < -0.3 is 10.4 Å². The number of nitrogens with zero attached hydrogens (tertiary/aromatic N) is 2. The SMILES string of the molecule is CC(C)C1CCCCC1Nc1nnc(SCC(=O)O)s1. The number of rotatable bonds is 6. The van der Waals surface area contributed by atoms with Crippen molar-refractivity contribution in [2.24, 2.45) is 11.8 Å². The average Bonchev–Trinajstić information content (AvgIpc) is 2.84. The van der Waals surface area contributed by atoms with Gasteiger partial charge in [-0.3, -0.25) is 4.79 Å². The van der Waals surface area contributed by atoms with Crippen LogP contribution in [0.15, 0.2) is 4.34 Å². The maximum atomic E-state index is 10.5. The lowest BCUT2D eigenvalue weighted by atomic mass is 9.78. The molecule has 0 spiro atoms. The molecule has 2 N–H and O–H groups in total. The summed E-state index contributed by atoms with van der Waals surface area (Å²) in [6, 6.07) is 0.467. The summed E-state index contributed by atoms with van der Waals surface area (Å²) in [5.41, 5.74) is 0. The van der Waals surface area contributed by atoms with Gasteiger partial charge in [-0.25, -0.2) is 0 Å². The molecule has 0 aliphatic heterocycles. The third kappa shape index (κ3) is 4.34. The molecule has 1 aromatic heterocycles. The molecular formula is C13H21N3O2S2. The van der Waals surface area contributed by atoms with Crippen LogP contribution < -0.4 is 5.32 Å². The van der Waals surface area contributed by atoms with Crippen molar-refractivity contribution in [1.29, 1.82) is 0 Å². The molecule has 2 unspecified atom stereocenters. The monoisotopic (exact) mass is 315 g/mol. The molecule has 0 amide bonds. The van der Waals surface area contributed by atoms with E-state index in [0.29, 0.717) is 22.2 Å². The Morgan fingerprint density at radius 3 is 2.90 bits per heavy atom. The van der Waals surface area contributed by atoms with Crippen molar-refractivity contribution < 1.29 is 9.90 Å². The maximum Gasteiger partial charge on any atom is 0.313 e. The molecule has 2 atom stereocenters. The Kier molecular flexibility index (Phi) is 5.65. The highest BCUT2D eigenvalue weighted by Crippen LogP contribution is 2.34. The van der Waals surface area contributed by atoms with Crippen LogP contribution in [0.3, 0.4) is 0 Å². The molecule has 7 heteroatoms. The summed E-state index contributed by atoms with van der Waals surface area (Å²) in [5.74, 6) is 0.559. The Labute approximate surface area is 127 Å². The Bertz CT molecular complexity index is 451. The van der Waals surface area contributed by atoms with Gasteiger partial charge in [-0.05, 0) is 24.7 Å². The van der Waals surface area contributed by atoms with Crippen molar-refractivity contribution >= 4 is 34.2 Å². The zero-order valence-corrected chi connectivity index (χ0v) is 13.5. The van der Waals surface area contributed by atoms with E-state index in [0.717, 1.165) is 5.13 Å².